The molecule has 2 aromatic heterocycles. The summed E-state index contributed by atoms with van der Waals surface area (Å²) >= 11 is 5.09. The van der Waals surface area contributed by atoms with Gasteiger partial charge in [0.05, 0.1) is 17.8 Å². The first-order valence-corrected chi connectivity index (χ1v) is 8.37. The van der Waals surface area contributed by atoms with Gasteiger partial charge in [-0.15, -0.1) is 0 Å². The molecule has 9 nitrogen and oxygen atoms in total. The standard InChI is InChI=1S/C10H12N6O3S2/c17-8-6-7(12-4-11-6)14-9(15-8)16-10(20)13-5-1-2-21(18,19)3-5/h4-5H,1-3H2,(H4,11,12,13,14,15,16,17,20)/t5-/m0/s1. The number of fused-ring (bicyclic) bond motifs is 1. The maximum absolute atomic E-state index is 11.7. The molecule has 112 valence electrons. The van der Waals surface area contributed by atoms with E-state index in [2.05, 4.69) is 30.6 Å². The van der Waals surface area contributed by atoms with E-state index in [1.54, 1.807) is 0 Å². The number of thiocarbonyl (C=S) groups is 1. The molecule has 0 saturated carbocycles. The lowest BCUT2D eigenvalue weighted by molar-refractivity contribution is 0.600. The van der Waals surface area contributed by atoms with Crippen molar-refractivity contribution in [3.05, 3.63) is 16.7 Å². The van der Waals surface area contributed by atoms with Gasteiger partial charge in [-0.3, -0.25) is 9.78 Å². The number of nitrogens with zero attached hydrogens (tertiary/aromatic N) is 2. The van der Waals surface area contributed by atoms with Gasteiger partial charge in [-0.05, 0) is 18.6 Å². The second-order valence-corrected chi connectivity index (χ2v) is 7.35. The van der Waals surface area contributed by atoms with Crippen LogP contribution >= 0.6 is 12.2 Å². The maximum atomic E-state index is 11.7. The number of rotatable bonds is 2. The van der Waals surface area contributed by atoms with E-state index in [1.807, 2.05) is 0 Å². The zero-order chi connectivity index (χ0) is 15.0. The Morgan fingerprint density at radius 2 is 2.29 bits per heavy atom. The Morgan fingerprint density at radius 1 is 1.48 bits per heavy atom. The third-order valence-corrected chi connectivity index (χ3v) is 5.08. The number of hydrogen-bond acceptors (Lipinski definition) is 6. The normalized spacial score (nSPS) is 20.5. The first-order chi connectivity index (χ1) is 9.93. The van der Waals surface area contributed by atoms with Crippen molar-refractivity contribution in [2.45, 2.75) is 12.5 Å². The Bertz CT molecular complexity index is 855. The molecule has 0 bridgehead atoms. The maximum Gasteiger partial charge on any atom is 0.278 e. The van der Waals surface area contributed by atoms with Crippen LogP contribution in [0.4, 0.5) is 5.95 Å². The molecular weight excluding hydrogens is 316 g/mol. The molecule has 0 unspecified atom stereocenters. The van der Waals surface area contributed by atoms with Crippen LogP contribution < -0.4 is 16.2 Å². The van der Waals surface area contributed by atoms with E-state index in [1.165, 1.54) is 6.33 Å². The molecular formula is C10H12N6O3S2. The van der Waals surface area contributed by atoms with Crippen LogP contribution in [0.2, 0.25) is 0 Å². The third kappa shape index (κ3) is 3.03. The molecule has 1 saturated heterocycles. The minimum Gasteiger partial charge on any atom is -0.359 e. The summed E-state index contributed by atoms with van der Waals surface area (Å²) in [6.45, 7) is 0. The van der Waals surface area contributed by atoms with Gasteiger partial charge in [0.2, 0.25) is 5.95 Å². The fourth-order valence-electron chi connectivity index (χ4n) is 2.14. The number of H-pyrrole nitrogens is 2. The zero-order valence-corrected chi connectivity index (χ0v) is 12.3. The van der Waals surface area contributed by atoms with E-state index >= 15 is 0 Å². The summed E-state index contributed by atoms with van der Waals surface area (Å²) in [6.07, 6.45) is 1.88. The number of anilines is 1. The third-order valence-electron chi connectivity index (χ3n) is 3.10. The Balaban J connectivity index is 1.70. The lowest BCUT2D eigenvalue weighted by Crippen LogP contribution is -2.39. The lowest BCUT2D eigenvalue weighted by atomic mass is 10.3. The molecule has 0 amide bonds. The summed E-state index contributed by atoms with van der Waals surface area (Å²) in [7, 11) is -2.98. The van der Waals surface area contributed by atoms with Crippen LogP contribution in [0.25, 0.3) is 11.2 Å². The van der Waals surface area contributed by atoms with Gasteiger partial charge < -0.3 is 15.6 Å². The fourth-order valence-corrected chi connectivity index (χ4v) is 4.08. The summed E-state index contributed by atoms with van der Waals surface area (Å²) < 4.78 is 22.7. The van der Waals surface area contributed by atoms with Gasteiger partial charge in [-0.25, -0.2) is 13.4 Å². The first kappa shape index (κ1) is 13.9. The van der Waals surface area contributed by atoms with E-state index < -0.39 is 9.84 Å². The fraction of sp³-hybridized carbons (Fsp3) is 0.400. The van der Waals surface area contributed by atoms with Crippen molar-refractivity contribution in [3.63, 3.8) is 0 Å². The van der Waals surface area contributed by atoms with Crippen molar-refractivity contribution < 1.29 is 8.42 Å². The van der Waals surface area contributed by atoms with E-state index in [-0.39, 0.29) is 45.3 Å². The van der Waals surface area contributed by atoms with Crippen molar-refractivity contribution >= 4 is 44.3 Å². The van der Waals surface area contributed by atoms with Crippen LogP contribution in [-0.4, -0.2) is 51.0 Å². The second kappa shape index (κ2) is 5.07. The molecule has 0 radical (unpaired) electrons. The molecule has 3 heterocycles. The average molecular weight is 328 g/mol. The van der Waals surface area contributed by atoms with Crippen molar-refractivity contribution in [2.75, 3.05) is 16.8 Å². The summed E-state index contributed by atoms with van der Waals surface area (Å²) in [5.41, 5.74) is 0.181. The van der Waals surface area contributed by atoms with Crippen LogP contribution in [0.5, 0.6) is 0 Å². The monoisotopic (exact) mass is 328 g/mol. The Morgan fingerprint density at radius 3 is 3.00 bits per heavy atom. The van der Waals surface area contributed by atoms with Gasteiger partial charge in [-0.2, -0.15) is 4.98 Å². The Hall–Kier alpha value is -2.01. The summed E-state index contributed by atoms with van der Waals surface area (Å²) in [5, 5.41) is 5.82. The molecule has 21 heavy (non-hydrogen) atoms. The molecule has 11 heteroatoms. The van der Waals surface area contributed by atoms with E-state index in [4.69, 9.17) is 12.2 Å². The number of aromatic nitrogens is 4. The summed E-state index contributed by atoms with van der Waals surface area (Å²) in [5.74, 6) is 0.358. The van der Waals surface area contributed by atoms with Gasteiger partial charge in [0.25, 0.3) is 5.56 Å². The lowest BCUT2D eigenvalue weighted by Gasteiger charge is -2.13. The molecule has 1 atom stereocenters. The van der Waals surface area contributed by atoms with Crippen LogP contribution in [0.1, 0.15) is 6.42 Å². The molecule has 1 aliphatic rings. The summed E-state index contributed by atoms with van der Waals surface area (Å²) in [4.78, 5) is 24.9. The smallest absolute Gasteiger partial charge is 0.278 e. The number of aromatic amines is 2. The molecule has 0 spiro atoms. The zero-order valence-electron chi connectivity index (χ0n) is 10.7. The number of imidazole rings is 1. The molecule has 0 aliphatic carbocycles. The molecule has 4 N–H and O–H groups in total. The van der Waals surface area contributed by atoms with Crippen LogP contribution in [0.15, 0.2) is 11.1 Å². The van der Waals surface area contributed by atoms with Gasteiger partial charge in [-0.1, -0.05) is 0 Å². The molecule has 1 fully saturated rings. The predicted molar refractivity (Wildman–Crippen MR) is 80.9 cm³/mol. The second-order valence-electron chi connectivity index (χ2n) is 4.71. The van der Waals surface area contributed by atoms with Gasteiger partial charge in [0.1, 0.15) is 0 Å². The van der Waals surface area contributed by atoms with Crippen molar-refractivity contribution in [1.82, 2.24) is 25.3 Å². The first-order valence-electron chi connectivity index (χ1n) is 6.14. The van der Waals surface area contributed by atoms with Crippen LogP contribution in [-0.2, 0) is 9.84 Å². The molecule has 1 aliphatic heterocycles. The topological polar surface area (TPSA) is 133 Å². The average Bonchev–Trinajstić information content (AvgIpc) is 2.96. The number of hydrogen-bond donors (Lipinski definition) is 4. The molecule has 2 aromatic rings. The van der Waals surface area contributed by atoms with Gasteiger partial charge in [0, 0.05) is 6.04 Å². The van der Waals surface area contributed by atoms with Gasteiger partial charge in [0.15, 0.2) is 26.1 Å². The van der Waals surface area contributed by atoms with Crippen molar-refractivity contribution in [3.8, 4) is 0 Å². The molecule has 0 aromatic carbocycles. The highest BCUT2D eigenvalue weighted by molar-refractivity contribution is 7.91. The quantitative estimate of drug-likeness (QED) is 0.522. The Labute approximate surface area is 124 Å². The minimum absolute atomic E-state index is 0.0527. The highest BCUT2D eigenvalue weighted by Crippen LogP contribution is 2.11. The van der Waals surface area contributed by atoms with Crippen LogP contribution in [0.3, 0.4) is 0 Å². The van der Waals surface area contributed by atoms with Crippen molar-refractivity contribution in [1.29, 1.82) is 0 Å². The largest absolute Gasteiger partial charge is 0.359 e. The van der Waals surface area contributed by atoms with Gasteiger partial charge >= 0.3 is 0 Å². The van der Waals surface area contributed by atoms with E-state index in [9.17, 15) is 13.2 Å². The minimum atomic E-state index is -2.98. The Kier molecular flexibility index (Phi) is 3.37. The number of nitrogens with one attached hydrogen (secondary N) is 4. The SMILES string of the molecule is O=c1[nH]c(NC(=S)N[C@H]2CCS(=O)(=O)C2)nc2nc[nH]c12. The highest BCUT2D eigenvalue weighted by Gasteiger charge is 2.28. The molecule has 3 rings (SSSR count). The summed E-state index contributed by atoms with van der Waals surface area (Å²) in [6, 6.07) is -0.226. The van der Waals surface area contributed by atoms with E-state index in [0.717, 1.165) is 0 Å². The predicted octanol–water partition coefficient (Wildman–Crippen LogP) is -0.880. The van der Waals surface area contributed by atoms with E-state index in [0.29, 0.717) is 6.42 Å². The highest BCUT2D eigenvalue weighted by atomic mass is 32.2. The van der Waals surface area contributed by atoms with Crippen molar-refractivity contribution in [2.24, 2.45) is 0 Å². The number of sulfone groups is 1. The van der Waals surface area contributed by atoms with Crippen LogP contribution in [0, 0.1) is 0 Å².